The van der Waals surface area contributed by atoms with Crippen molar-refractivity contribution >= 4 is 17.7 Å². The van der Waals surface area contributed by atoms with Crippen LogP contribution in [0.15, 0.2) is 0 Å². The first-order valence-corrected chi connectivity index (χ1v) is 10.5. The lowest BCUT2D eigenvalue weighted by Crippen LogP contribution is -2.74. The van der Waals surface area contributed by atoms with Gasteiger partial charge in [0.05, 0.1) is 12.6 Å². The predicted molar refractivity (Wildman–Crippen MR) is 93.8 cm³/mol. The minimum Gasteiger partial charge on any atom is -0.480 e. The lowest BCUT2D eigenvalue weighted by atomic mass is 9.88. The number of aliphatic hydroxyl groups is 1. The first-order chi connectivity index (χ1) is 16.5. The molecule has 0 spiro atoms. The molecule has 38 heavy (non-hydrogen) atoms. The molecule has 0 aliphatic rings. The first-order valence-electron chi connectivity index (χ1n) is 9.33. The van der Waals surface area contributed by atoms with E-state index >= 15 is 0 Å². The average Bonchev–Trinajstić information content (AvgIpc) is 2.68. The van der Waals surface area contributed by atoms with Gasteiger partial charge in [0, 0.05) is 18.7 Å². The topological polar surface area (TPSA) is 60.8 Å². The lowest BCUT2D eigenvalue weighted by Gasteiger charge is -2.42. The molecule has 2 N–H and O–H groups in total. The number of hydrogen-bond donors (Lipinski definition) is 2. The third-order valence-corrected chi connectivity index (χ3v) is 5.70. The van der Waals surface area contributed by atoms with Crippen LogP contribution in [-0.2, 0) is 4.79 Å². The highest BCUT2D eigenvalue weighted by molar-refractivity contribution is 7.99. The summed E-state index contributed by atoms with van der Waals surface area (Å²) < 4.78 is 224. The molecule has 0 amide bonds. The molecule has 0 radical (unpaired) electrons. The molecule has 0 aliphatic carbocycles. The van der Waals surface area contributed by atoms with Crippen LogP contribution in [0.5, 0.6) is 0 Å². The first kappa shape index (κ1) is 36.5. The number of likely N-dealkylation sites (N-methyl/N-ethyl adjacent to an activating group) is 1. The number of alkyl halides is 17. The highest BCUT2D eigenvalue weighted by atomic mass is 32.2. The van der Waals surface area contributed by atoms with Crippen molar-refractivity contribution in [2.75, 3.05) is 31.6 Å². The van der Waals surface area contributed by atoms with Crippen LogP contribution < -0.4 is 0 Å². The Morgan fingerprint density at radius 3 is 1.45 bits per heavy atom. The molecular weight excluding hydrogens is 609 g/mol. The van der Waals surface area contributed by atoms with Crippen LogP contribution in [0, 0.1) is 0 Å². The summed E-state index contributed by atoms with van der Waals surface area (Å²) in [6, 6.07) is 0. The summed E-state index contributed by atoms with van der Waals surface area (Å²) in [6.07, 6.45) is -12.0. The van der Waals surface area contributed by atoms with Gasteiger partial charge in [-0.05, 0) is 12.8 Å². The van der Waals surface area contributed by atoms with Crippen molar-refractivity contribution in [2.45, 2.75) is 60.2 Å². The van der Waals surface area contributed by atoms with Crippen molar-refractivity contribution in [3.63, 3.8) is 0 Å². The molecule has 0 saturated carbocycles. The van der Waals surface area contributed by atoms with Gasteiger partial charge in [0.1, 0.15) is 0 Å². The van der Waals surface area contributed by atoms with Gasteiger partial charge in [-0.25, -0.2) is 0 Å². The molecule has 0 aromatic carbocycles. The van der Waals surface area contributed by atoms with Crippen molar-refractivity contribution < 1.29 is 89.6 Å². The molecule has 0 heterocycles. The van der Waals surface area contributed by atoms with Crippen LogP contribution in [0.25, 0.3) is 0 Å². The molecule has 0 saturated heterocycles. The number of carboxylic acids is 1. The molecule has 0 aromatic rings. The molecule has 4 nitrogen and oxygen atoms in total. The van der Waals surface area contributed by atoms with Crippen molar-refractivity contribution in [3.05, 3.63) is 0 Å². The van der Waals surface area contributed by atoms with Gasteiger partial charge in [0.25, 0.3) is 0 Å². The molecule has 0 fully saturated rings. The molecule has 0 bridgehead atoms. The van der Waals surface area contributed by atoms with Crippen molar-refractivity contribution in [1.82, 2.24) is 4.90 Å². The normalized spacial score (nSPS) is 16.2. The summed E-state index contributed by atoms with van der Waals surface area (Å²) in [7, 11) is 1.14. The quantitative estimate of drug-likeness (QED) is 0.186. The molecule has 1 unspecified atom stereocenters. The zero-order chi connectivity index (χ0) is 31.0. The van der Waals surface area contributed by atoms with E-state index in [9.17, 15) is 84.5 Å². The summed E-state index contributed by atoms with van der Waals surface area (Å²) >= 11 is 0.0371. The van der Waals surface area contributed by atoms with Gasteiger partial charge in [0.15, 0.2) is 0 Å². The molecule has 0 aliphatic heterocycles. The largest absolute Gasteiger partial charge is 0.480 e. The van der Waals surface area contributed by atoms with Crippen LogP contribution in [0.3, 0.4) is 0 Å². The van der Waals surface area contributed by atoms with Gasteiger partial charge < -0.3 is 10.2 Å². The summed E-state index contributed by atoms with van der Waals surface area (Å²) in [5.41, 5.74) is 0. The maximum absolute atomic E-state index is 13.7. The van der Waals surface area contributed by atoms with Crippen molar-refractivity contribution in [1.29, 1.82) is 0 Å². The number of carboxylic acid groups (broad SMARTS) is 1. The number of hydrogen-bond acceptors (Lipinski definition) is 4. The van der Waals surface area contributed by atoms with E-state index in [0.29, 0.717) is 0 Å². The Kier molecular flexibility index (Phi) is 10.8. The van der Waals surface area contributed by atoms with E-state index in [1.165, 1.54) is 0 Å². The maximum Gasteiger partial charge on any atom is 0.460 e. The Hall–Kier alpha value is -1.45. The third kappa shape index (κ3) is 6.47. The van der Waals surface area contributed by atoms with E-state index in [2.05, 4.69) is 0 Å². The molecule has 22 heteroatoms. The zero-order valence-electron chi connectivity index (χ0n) is 18.2. The Labute approximate surface area is 205 Å². The standard InChI is InChI=1S/C16H16F17NO3S/c1-34(5-8(36)37)4-7(35)6-38-3-2-9(17,18)10(19,20)11(21,22)12(23,24)13(25,26)14(27,28)15(29,30)16(31,32)33/h7,35H,2-6H2,1H3,(H,36,37). The van der Waals surface area contributed by atoms with E-state index in [1.807, 2.05) is 0 Å². The Bertz CT molecular complexity index is 818. The number of rotatable bonds is 15. The van der Waals surface area contributed by atoms with E-state index in [1.54, 1.807) is 0 Å². The fourth-order valence-corrected chi connectivity index (χ4v) is 3.43. The van der Waals surface area contributed by atoms with E-state index < -0.39 is 90.7 Å². The van der Waals surface area contributed by atoms with Crippen LogP contribution >= 0.6 is 11.8 Å². The number of halogens is 17. The molecule has 228 valence electrons. The monoisotopic (exact) mass is 625 g/mol. The maximum atomic E-state index is 13.7. The smallest absolute Gasteiger partial charge is 0.460 e. The Morgan fingerprint density at radius 2 is 1.08 bits per heavy atom. The molecular formula is C16H16F17NO3S. The van der Waals surface area contributed by atoms with Gasteiger partial charge in [-0.15, -0.1) is 0 Å². The van der Waals surface area contributed by atoms with Crippen LogP contribution in [0.1, 0.15) is 6.42 Å². The fourth-order valence-electron chi connectivity index (χ4n) is 2.48. The number of aliphatic carboxylic acids is 1. The van der Waals surface area contributed by atoms with Crippen LogP contribution in [-0.4, -0.2) is 106 Å². The summed E-state index contributed by atoms with van der Waals surface area (Å²) in [5, 5.41) is 18.0. The second kappa shape index (κ2) is 11.2. The Balaban J connectivity index is 5.83. The van der Waals surface area contributed by atoms with Crippen molar-refractivity contribution in [2.24, 2.45) is 0 Å². The molecule has 1 atom stereocenters. The lowest BCUT2D eigenvalue weighted by molar-refractivity contribution is -0.461. The van der Waals surface area contributed by atoms with E-state index in [0.717, 1.165) is 11.9 Å². The summed E-state index contributed by atoms with van der Waals surface area (Å²) in [5.74, 6) is -60.1. The zero-order valence-corrected chi connectivity index (χ0v) is 19.0. The van der Waals surface area contributed by atoms with Gasteiger partial charge in [-0.3, -0.25) is 9.69 Å². The SMILES string of the molecule is CN(CC(=O)O)CC(O)CSCCC(F)(F)C(F)(F)C(F)(F)C(F)(F)C(F)(F)C(F)(F)C(F)(F)C(F)(F)F. The average molecular weight is 625 g/mol. The van der Waals surface area contributed by atoms with Gasteiger partial charge >= 0.3 is 53.6 Å². The summed E-state index contributed by atoms with van der Waals surface area (Å²) in [4.78, 5) is 11.4. The third-order valence-electron chi connectivity index (χ3n) is 4.59. The molecule has 0 aromatic heterocycles. The predicted octanol–water partition coefficient (Wildman–Crippen LogP) is 5.50. The van der Waals surface area contributed by atoms with E-state index in [4.69, 9.17) is 5.11 Å². The van der Waals surface area contributed by atoms with E-state index in [-0.39, 0.29) is 11.8 Å². The fraction of sp³-hybridized carbons (Fsp3) is 0.938. The van der Waals surface area contributed by atoms with Gasteiger partial charge in [0.2, 0.25) is 0 Å². The van der Waals surface area contributed by atoms with Crippen LogP contribution in [0.4, 0.5) is 74.6 Å². The number of aliphatic hydroxyl groups excluding tert-OH is 1. The minimum absolute atomic E-state index is 0.0371. The summed E-state index contributed by atoms with van der Waals surface area (Å²) in [6.45, 7) is -1.12. The van der Waals surface area contributed by atoms with Crippen molar-refractivity contribution in [3.8, 4) is 0 Å². The van der Waals surface area contributed by atoms with Crippen LogP contribution in [0.2, 0.25) is 0 Å². The minimum atomic E-state index is -8.66. The highest BCUT2D eigenvalue weighted by Gasteiger charge is 2.95. The second-order valence-corrected chi connectivity index (χ2v) is 8.87. The molecule has 0 rings (SSSR count). The highest BCUT2D eigenvalue weighted by Crippen LogP contribution is 2.64. The van der Waals surface area contributed by atoms with Gasteiger partial charge in [-0.1, -0.05) is 0 Å². The Morgan fingerprint density at radius 1 is 0.711 bits per heavy atom. The van der Waals surface area contributed by atoms with Gasteiger partial charge in [-0.2, -0.15) is 86.4 Å². The number of nitrogens with zero attached hydrogens (tertiary/aromatic N) is 1. The second-order valence-electron chi connectivity index (χ2n) is 7.72. The number of thioether (sulfide) groups is 1. The number of carbonyl (C=O) groups is 1.